The van der Waals surface area contributed by atoms with Crippen LogP contribution in [0.4, 0.5) is 0 Å². The lowest BCUT2D eigenvalue weighted by Gasteiger charge is -2.37. The van der Waals surface area contributed by atoms with Crippen LogP contribution in [-0.4, -0.2) is 58.4 Å². The summed E-state index contributed by atoms with van der Waals surface area (Å²) in [6, 6.07) is -0.954. The summed E-state index contributed by atoms with van der Waals surface area (Å²) in [7, 11) is -3.72. The van der Waals surface area contributed by atoms with Crippen LogP contribution < -0.4 is 0 Å². The van der Waals surface area contributed by atoms with Crippen molar-refractivity contribution in [1.82, 2.24) is 8.61 Å². The van der Waals surface area contributed by atoms with Gasteiger partial charge in [-0.05, 0) is 24.7 Å². The Labute approximate surface area is 131 Å². The minimum atomic E-state index is -3.72. The van der Waals surface area contributed by atoms with E-state index in [2.05, 4.69) is 0 Å². The first-order chi connectivity index (χ1) is 9.75. The van der Waals surface area contributed by atoms with E-state index in [1.807, 2.05) is 20.8 Å². The molecule has 0 aliphatic carbocycles. The van der Waals surface area contributed by atoms with Gasteiger partial charge in [0, 0.05) is 18.8 Å². The molecule has 0 radical (unpaired) electrons. The van der Waals surface area contributed by atoms with Crippen molar-refractivity contribution in [3.8, 4) is 0 Å². The van der Waals surface area contributed by atoms with Gasteiger partial charge >= 0.3 is 5.97 Å². The molecule has 0 amide bonds. The number of rotatable bonds is 4. The number of thioether (sulfide) groups is 1. The van der Waals surface area contributed by atoms with Crippen molar-refractivity contribution in [3.05, 3.63) is 0 Å². The Morgan fingerprint density at radius 2 is 2.05 bits per heavy atom. The van der Waals surface area contributed by atoms with E-state index >= 15 is 0 Å². The molecule has 6 nitrogen and oxygen atoms in total. The number of hydrogen-bond donors (Lipinski definition) is 1. The van der Waals surface area contributed by atoms with E-state index in [9.17, 15) is 18.3 Å². The molecule has 0 aromatic rings. The molecule has 21 heavy (non-hydrogen) atoms. The molecule has 0 spiro atoms. The third kappa shape index (κ3) is 3.38. The molecule has 122 valence electrons. The molecular weight excluding hydrogens is 312 g/mol. The fourth-order valence-electron chi connectivity index (χ4n) is 2.96. The van der Waals surface area contributed by atoms with Gasteiger partial charge < -0.3 is 5.11 Å². The molecule has 2 rings (SSSR count). The van der Waals surface area contributed by atoms with Crippen molar-refractivity contribution in [1.29, 1.82) is 0 Å². The van der Waals surface area contributed by atoms with Crippen LogP contribution in [0.1, 0.15) is 33.6 Å². The van der Waals surface area contributed by atoms with E-state index in [1.54, 1.807) is 0 Å². The van der Waals surface area contributed by atoms with Gasteiger partial charge in [-0.2, -0.15) is 17.0 Å². The smallest absolute Gasteiger partial charge is 0.322 e. The highest BCUT2D eigenvalue weighted by Crippen LogP contribution is 2.38. The van der Waals surface area contributed by atoms with Crippen molar-refractivity contribution >= 4 is 27.9 Å². The topological polar surface area (TPSA) is 77.9 Å². The second kappa shape index (κ2) is 6.44. The second-order valence-corrected chi connectivity index (χ2v) is 9.25. The van der Waals surface area contributed by atoms with Crippen LogP contribution in [0.25, 0.3) is 0 Å². The summed E-state index contributed by atoms with van der Waals surface area (Å²) < 4.78 is 28.6. The van der Waals surface area contributed by atoms with Gasteiger partial charge in [-0.3, -0.25) is 4.79 Å². The van der Waals surface area contributed by atoms with Crippen molar-refractivity contribution in [2.75, 3.05) is 18.8 Å². The highest BCUT2D eigenvalue weighted by molar-refractivity contribution is 8.01. The SMILES string of the molecule is CC1CCCN(S(=O)(=O)N2C(C(=O)O)CSC2C(C)C)C1. The molecule has 0 aromatic carbocycles. The summed E-state index contributed by atoms with van der Waals surface area (Å²) in [5.41, 5.74) is 0. The van der Waals surface area contributed by atoms with Gasteiger partial charge in [0.05, 0.1) is 5.37 Å². The van der Waals surface area contributed by atoms with Crippen LogP contribution in [0.5, 0.6) is 0 Å². The van der Waals surface area contributed by atoms with E-state index in [0.29, 0.717) is 24.8 Å². The Balaban J connectivity index is 2.31. The predicted molar refractivity (Wildman–Crippen MR) is 83.2 cm³/mol. The van der Waals surface area contributed by atoms with Crippen molar-refractivity contribution in [2.45, 2.75) is 45.0 Å². The van der Waals surface area contributed by atoms with Gasteiger partial charge in [-0.1, -0.05) is 20.8 Å². The van der Waals surface area contributed by atoms with E-state index < -0.39 is 22.2 Å². The molecule has 3 unspecified atom stereocenters. The minimum Gasteiger partial charge on any atom is -0.480 e. The van der Waals surface area contributed by atoms with Gasteiger partial charge in [0.25, 0.3) is 10.2 Å². The Kier molecular flexibility index (Phi) is 5.23. The Bertz CT molecular complexity index is 494. The standard InChI is InChI=1S/C13H24N2O4S2/c1-9(2)12-15(11(8-20-12)13(16)17)21(18,19)14-6-4-5-10(3)7-14/h9-12H,4-8H2,1-3H3,(H,16,17). The molecule has 2 fully saturated rings. The summed E-state index contributed by atoms with van der Waals surface area (Å²) in [4.78, 5) is 11.4. The van der Waals surface area contributed by atoms with E-state index in [0.717, 1.165) is 12.8 Å². The molecule has 2 aliphatic heterocycles. The average molecular weight is 336 g/mol. The maximum absolute atomic E-state index is 12.9. The number of carboxylic acids is 1. The zero-order valence-corrected chi connectivity index (χ0v) is 14.4. The number of aliphatic carboxylic acids is 1. The van der Waals surface area contributed by atoms with E-state index in [4.69, 9.17) is 0 Å². The lowest BCUT2D eigenvalue weighted by atomic mass is 10.0. The predicted octanol–water partition coefficient (Wildman–Crippen LogP) is 1.45. The fourth-order valence-corrected chi connectivity index (χ4v) is 6.99. The van der Waals surface area contributed by atoms with Crippen LogP contribution in [0.15, 0.2) is 0 Å². The number of carboxylic acid groups (broad SMARTS) is 1. The van der Waals surface area contributed by atoms with Crippen LogP contribution in [0, 0.1) is 11.8 Å². The molecule has 3 atom stereocenters. The number of carbonyl (C=O) groups is 1. The van der Waals surface area contributed by atoms with Gasteiger partial charge in [0.2, 0.25) is 0 Å². The van der Waals surface area contributed by atoms with E-state index in [1.165, 1.54) is 20.4 Å². The van der Waals surface area contributed by atoms with Gasteiger partial charge in [-0.25, -0.2) is 0 Å². The molecular formula is C13H24N2O4S2. The normalized spacial score (nSPS) is 32.7. The highest BCUT2D eigenvalue weighted by Gasteiger charge is 2.49. The van der Waals surface area contributed by atoms with Gasteiger partial charge in [0.1, 0.15) is 6.04 Å². The van der Waals surface area contributed by atoms with Crippen LogP contribution >= 0.6 is 11.8 Å². The summed E-state index contributed by atoms with van der Waals surface area (Å²) in [5.74, 6) is -0.332. The quantitative estimate of drug-likeness (QED) is 0.841. The molecule has 2 aliphatic rings. The zero-order valence-electron chi connectivity index (χ0n) is 12.7. The lowest BCUT2D eigenvalue weighted by molar-refractivity contribution is -0.140. The monoisotopic (exact) mass is 336 g/mol. The van der Waals surface area contributed by atoms with Crippen molar-refractivity contribution < 1.29 is 18.3 Å². The van der Waals surface area contributed by atoms with Crippen LogP contribution in [0.2, 0.25) is 0 Å². The molecule has 0 aromatic heterocycles. The van der Waals surface area contributed by atoms with Crippen LogP contribution in [0.3, 0.4) is 0 Å². The highest BCUT2D eigenvalue weighted by atomic mass is 32.2. The molecule has 2 saturated heterocycles. The Morgan fingerprint density at radius 3 is 2.57 bits per heavy atom. The van der Waals surface area contributed by atoms with Gasteiger partial charge in [0.15, 0.2) is 0 Å². The van der Waals surface area contributed by atoms with Gasteiger partial charge in [-0.15, -0.1) is 11.8 Å². The number of piperidine rings is 1. The Hall–Kier alpha value is -0.310. The molecule has 0 bridgehead atoms. The second-order valence-electron chi connectivity index (χ2n) is 6.27. The van der Waals surface area contributed by atoms with Crippen LogP contribution in [-0.2, 0) is 15.0 Å². The molecule has 2 heterocycles. The summed E-state index contributed by atoms with van der Waals surface area (Å²) in [5, 5.41) is 9.06. The maximum atomic E-state index is 12.9. The summed E-state index contributed by atoms with van der Waals surface area (Å²) in [6.07, 6.45) is 1.86. The summed E-state index contributed by atoms with van der Waals surface area (Å²) in [6.45, 7) is 6.88. The summed E-state index contributed by atoms with van der Waals surface area (Å²) >= 11 is 1.43. The largest absolute Gasteiger partial charge is 0.480 e. The Morgan fingerprint density at radius 1 is 1.38 bits per heavy atom. The maximum Gasteiger partial charge on any atom is 0.322 e. The third-order valence-electron chi connectivity index (χ3n) is 4.05. The zero-order chi connectivity index (χ0) is 15.8. The fraction of sp³-hybridized carbons (Fsp3) is 0.923. The first-order valence-corrected chi connectivity index (χ1v) is 9.82. The number of hydrogen-bond acceptors (Lipinski definition) is 4. The first-order valence-electron chi connectivity index (χ1n) is 7.38. The molecule has 8 heteroatoms. The lowest BCUT2D eigenvalue weighted by Crippen LogP contribution is -2.54. The first kappa shape index (κ1) is 17.1. The number of nitrogens with zero attached hydrogens (tertiary/aromatic N) is 2. The third-order valence-corrected chi connectivity index (χ3v) is 7.80. The van der Waals surface area contributed by atoms with E-state index in [-0.39, 0.29) is 11.3 Å². The minimum absolute atomic E-state index is 0.0799. The molecule has 1 N–H and O–H groups in total. The van der Waals surface area contributed by atoms with Crippen molar-refractivity contribution in [3.63, 3.8) is 0 Å². The average Bonchev–Trinajstić information content (AvgIpc) is 2.84. The van der Waals surface area contributed by atoms with Crippen molar-refractivity contribution in [2.24, 2.45) is 11.8 Å². The molecule has 0 saturated carbocycles.